The summed E-state index contributed by atoms with van der Waals surface area (Å²) in [4.78, 5) is 0. The molecule has 0 aliphatic heterocycles. The molecule has 0 saturated heterocycles. The lowest BCUT2D eigenvalue weighted by molar-refractivity contribution is -0.402. The summed E-state index contributed by atoms with van der Waals surface area (Å²) in [5, 5.41) is 0. The van der Waals surface area contributed by atoms with E-state index in [-0.39, 0.29) is 0 Å². The molecule has 0 N–H and O–H groups in total. The van der Waals surface area contributed by atoms with E-state index in [1.807, 2.05) is 0 Å². The van der Waals surface area contributed by atoms with E-state index in [0.717, 1.165) is 59.2 Å². The Morgan fingerprint density at radius 3 is 1.46 bits per heavy atom. The lowest BCUT2D eigenvalue weighted by atomic mass is 9.13. The van der Waals surface area contributed by atoms with Crippen LogP contribution in [0, 0.1) is 70.0 Å². The summed E-state index contributed by atoms with van der Waals surface area (Å²) in [5.74, 6) is 10.9. The van der Waals surface area contributed by atoms with Crippen LogP contribution in [-0.2, 0) is 0 Å². The minimum Gasteiger partial charge on any atom is -0.0841 e. The standard InChI is InChI=1S/C22H26Br2/c23-21-16-4-10-2-12-14(16)8-19-5-9-1-11(17(19)21)13-7-20(21,6-10)18(12)22(19,24)15(13)3-9/h9-18H,1-8H2. The van der Waals surface area contributed by atoms with Crippen LogP contribution < -0.4 is 0 Å². The second kappa shape index (κ2) is 3.19. The van der Waals surface area contributed by atoms with Gasteiger partial charge < -0.3 is 0 Å². The molecule has 14 atom stereocenters. The Morgan fingerprint density at radius 1 is 0.542 bits per heavy atom. The van der Waals surface area contributed by atoms with Gasteiger partial charge in [0.25, 0.3) is 0 Å². The van der Waals surface area contributed by atoms with Crippen LogP contribution in [0.1, 0.15) is 51.4 Å². The Hall–Kier alpha value is 0.960. The molecule has 2 heteroatoms. The second-order valence-electron chi connectivity index (χ2n) is 12.2. The molecule has 14 bridgehead atoms. The molecule has 128 valence electrons. The summed E-state index contributed by atoms with van der Waals surface area (Å²) in [5.41, 5.74) is 1.42. The van der Waals surface area contributed by atoms with Gasteiger partial charge >= 0.3 is 0 Å². The molecule has 13 rings (SSSR count). The van der Waals surface area contributed by atoms with E-state index in [2.05, 4.69) is 0 Å². The lowest BCUT2D eigenvalue weighted by Crippen LogP contribution is -2.94. The first-order valence-corrected chi connectivity index (χ1v) is 12.5. The SMILES string of the molecule is BrC12C3CC4CC5C3CC36CC7CC(C8CC1(C4)C5C3(Br)C8C7)C62. The summed E-state index contributed by atoms with van der Waals surface area (Å²) in [6.45, 7) is 0. The predicted molar refractivity (Wildman–Crippen MR) is 100 cm³/mol. The summed E-state index contributed by atoms with van der Waals surface area (Å²) in [6, 6.07) is 0. The lowest BCUT2D eigenvalue weighted by Gasteiger charge is -2.95. The average Bonchev–Trinajstić information content (AvgIpc) is 2.54. The largest absolute Gasteiger partial charge is 0.0841 e. The van der Waals surface area contributed by atoms with E-state index in [9.17, 15) is 0 Å². The molecule has 0 aromatic carbocycles. The number of halogens is 2. The van der Waals surface area contributed by atoms with Crippen LogP contribution in [0.3, 0.4) is 0 Å². The Balaban J connectivity index is 1.47. The maximum Gasteiger partial charge on any atom is 0.0385 e. The molecule has 13 fully saturated rings. The molecule has 14 unspecified atom stereocenters. The number of rotatable bonds is 0. The van der Waals surface area contributed by atoms with Crippen LogP contribution in [0.5, 0.6) is 0 Å². The highest BCUT2D eigenvalue weighted by molar-refractivity contribution is 9.10. The quantitative estimate of drug-likeness (QED) is 0.420. The molecule has 13 saturated carbocycles. The first kappa shape index (κ1) is 13.2. The smallest absolute Gasteiger partial charge is 0.0385 e. The van der Waals surface area contributed by atoms with E-state index in [0.29, 0.717) is 19.5 Å². The maximum absolute atomic E-state index is 4.72. The van der Waals surface area contributed by atoms with Crippen molar-refractivity contribution in [1.29, 1.82) is 0 Å². The van der Waals surface area contributed by atoms with Gasteiger partial charge in [0.15, 0.2) is 0 Å². The Labute approximate surface area is 161 Å². The van der Waals surface area contributed by atoms with Crippen molar-refractivity contribution in [1.82, 2.24) is 0 Å². The second-order valence-corrected chi connectivity index (χ2v) is 14.8. The van der Waals surface area contributed by atoms with Gasteiger partial charge in [-0.2, -0.15) is 0 Å². The molecule has 2 spiro atoms. The highest BCUT2D eigenvalue weighted by Crippen LogP contribution is 2.97. The van der Waals surface area contributed by atoms with Crippen molar-refractivity contribution in [3.63, 3.8) is 0 Å². The van der Waals surface area contributed by atoms with Crippen molar-refractivity contribution in [3.8, 4) is 0 Å². The monoisotopic (exact) mass is 448 g/mol. The minimum absolute atomic E-state index is 0.576. The summed E-state index contributed by atoms with van der Waals surface area (Å²) in [7, 11) is 0. The van der Waals surface area contributed by atoms with Crippen molar-refractivity contribution in [2.45, 2.75) is 60.0 Å². The first-order chi connectivity index (χ1) is 11.5. The van der Waals surface area contributed by atoms with Gasteiger partial charge in [-0.05, 0) is 121 Å². The molecule has 0 heterocycles. The van der Waals surface area contributed by atoms with Gasteiger partial charge in [0.05, 0.1) is 0 Å². The fraction of sp³-hybridized carbons (Fsp3) is 1.00. The highest BCUT2D eigenvalue weighted by atomic mass is 79.9. The third-order valence-electron chi connectivity index (χ3n) is 12.6. The molecule has 0 amide bonds. The van der Waals surface area contributed by atoms with E-state index in [4.69, 9.17) is 31.9 Å². The Bertz CT molecular complexity index is 678. The zero-order chi connectivity index (χ0) is 15.4. The number of hydrogen-bond donors (Lipinski definition) is 0. The van der Waals surface area contributed by atoms with Gasteiger partial charge in [0, 0.05) is 8.65 Å². The third-order valence-corrected chi connectivity index (χ3v) is 16.3. The van der Waals surface area contributed by atoms with Crippen LogP contribution in [0.4, 0.5) is 0 Å². The van der Waals surface area contributed by atoms with Gasteiger partial charge in [0.1, 0.15) is 0 Å². The molecular weight excluding hydrogens is 424 g/mol. The van der Waals surface area contributed by atoms with E-state index in [1.165, 1.54) is 0 Å². The molecular formula is C22H26Br2. The number of hydrogen-bond acceptors (Lipinski definition) is 0. The van der Waals surface area contributed by atoms with Crippen molar-refractivity contribution in [2.24, 2.45) is 70.0 Å². The van der Waals surface area contributed by atoms with Crippen LogP contribution in [-0.4, -0.2) is 8.65 Å². The van der Waals surface area contributed by atoms with Crippen molar-refractivity contribution in [3.05, 3.63) is 0 Å². The predicted octanol–water partition coefficient (Wildman–Crippen LogP) is 5.63. The molecule has 24 heavy (non-hydrogen) atoms. The fourth-order valence-corrected chi connectivity index (χ4v) is 17.1. The van der Waals surface area contributed by atoms with Crippen molar-refractivity contribution < 1.29 is 0 Å². The highest BCUT2D eigenvalue weighted by Gasteiger charge is 2.94. The molecule has 0 aromatic heterocycles. The molecule has 13 aliphatic rings. The van der Waals surface area contributed by atoms with E-state index < -0.39 is 0 Å². The van der Waals surface area contributed by atoms with Crippen LogP contribution in [0.25, 0.3) is 0 Å². The van der Waals surface area contributed by atoms with Crippen molar-refractivity contribution >= 4 is 31.9 Å². The van der Waals surface area contributed by atoms with Crippen LogP contribution in [0.15, 0.2) is 0 Å². The number of alkyl halides is 2. The fourth-order valence-electron chi connectivity index (χ4n) is 13.3. The summed E-state index contributed by atoms with van der Waals surface area (Å²) >= 11 is 9.44. The molecule has 13 aliphatic carbocycles. The zero-order valence-electron chi connectivity index (χ0n) is 14.2. The topological polar surface area (TPSA) is 0 Å². The molecule has 0 aromatic rings. The Morgan fingerprint density at radius 2 is 1.00 bits per heavy atom. The third kappa shape index (κ3) is 0.838. The summed E-state index contributed by atoms with van der Waals surface area (Å²) < 4.78 is 1.15. The average molecular weight is 450 g/mol. The van der Waals surface area contributed by atoms with Crippen LogP contribution in [0.2, 0.25) is 0 Å². The Kier molecular flexibility index (Phi) is 1.75. The van der Waals surface area contributed by atoms with Gasteiger partial charge in [-0.15, -0.1) is 0 Å². The maximum atomic E-state index is 4.72. The van der Waals surface area contributed by atoms with Gasteiger partial charge in [-0.25, -0.2) is 0 Å². The van der Waals surface area contributed by atoms with E-state index in [1.54, 1.807) is 51.4 Å². The zero-order valence-corrected chi connectivity index (χ0v) is 17.4. The van der Waals surface area contributed by atoms with Gasteiger partial charge in [0.2, 0.25) is 0 Å². The summed E-state index contributed by atoms with van der Waals surface area (Å²) in [6.07, 6.45) is 13.0. The minimum atomic E-state index is 0.576. The van der Waals surface area contributed by atoms with E-state index >= 15 is 0 Å². The molecule has 0 nitrogen and oxygen atoms in total. The van der Waals surface area contributed by atoms with Gasteiger partial charge in [-0.1, -0.05) is 31.9 Å². The normalized spacial score (nSPS) is 85.2. The van der Waals surface area contributed by atoms with Crippen molar-refractivity contribution in [2.75, 3.05) is 0 Å². The first-order valence-electron chi connectivity index (χ1n) is 10.9. The van der Waals surface area contributed by atoms with Gasteiger partial charge in [-0.3, -0.25) is 0 Å². The molecule has 0 radical (unpaired) electrons. The van der Waals surface area contributed by atoms with Crippen LogP contribution >= 0.6 is 31.9 Å².